The predicted molar refractivity (Wildman–Crippen MR) is 96.6 cm³/mol. The van der Waals surface area contributed by atoms with E-state index < -0.39 is 5.97 Å². The minimum Gasteiger partial charge on any atom is -0.492 e. The monoisotopic (exact) mass is 344 g/mol. The maximum Gasteiger partial charge on any atom is 0.308 e. The topological polar surface area (TPSA) is 71.8 Å². The highest BCUT2D eigenvalue weighted by Gasteiger charge is 2.28. The minimum atomic E-state index is -0.986. The number of aliphatic carboxylic acids is 1. The smallest absolute Gasteiger partial charge is 0.308 e. The van der Waals surface area contributed by atoms with Crippen molar-refractivity contribution in [1.82, 2.24) is 9.47 Å². The summed E-state index contributed by atoms with van der Waals surface area (Å²) < 4.78 is 7.86. The van der Waals surface area contributed by atoms with Crippen molar-refractivity contribution >= 4 is 16.9 Å². The van der Waals surface area contributed by atoms with Gasteiger partial charge in [0.05, 0.1) is 11.9 Å². The molecule has 0 atom stereocenters. The van der Waals surface area contributed by atoms with Crippen molar-refractivity contribution in [2.45, 2.75) is 32.2 Å². The van der Waals surface area contributed by atoms with Crippen LogP contribution in [0.2, 0.25) is 0 Å². The van der Waals surface area contributed by atoms with Gasteiger partial charge in [-0.05, 0) is 52.1 Å². The molecule has 0 amide bonds. The highest BCUT2D eigenvalue weighted by Crippen LogP contribution is 2.39. The Balaban J connectivity index is 2.08. The zero-order valence-electron chi connectivity index (χ0n) is 14.9. The van der Waals surface area contributed by atoms with Crippen molar-refractivity contribution in [3.63, 3.8) is 0 Å². The summed E-state index contributed by atoms with van der Waals surface area (Å²) in [5.41, 5.74) is 1.80. The molecule has 134 valence electrons. The SMILES string of the molecule is Cc1c(CC(=O)O)c(=O)c2cc(OCCN(C)C)ccc2n1C1CC1. The van der Waals surface area contributed by atoms with Gasteiger partial charge in [0.25, 0.3) is 0 Å². The molecule has 6 nitrogen and oxygen atoms in total. The standard InChI is InChI=1S/C19H24N2O4/c1-12-15(11-18(22)23)19(24)16-10-14(25-9-8-20(2)3)6-7-17(16)21(12)13-4-5-13/h6-7,10,13H,4-5,8-9,11H2,1-3H3,(H,22,23). The molecule has 1 saturated carbocycles. The van der Waals surface area contributed by atoms with E-state index in [2.05, 4.69) is 4.57 Å². The molecule has 25 heavy (non-hydrogen) atoms. The van der Waals surface area contributed by atoms with Crippen molar-refractivity contribution in [2.75, 3.05) is 27.2 Å². The molecule has 0 saturated heterocycles. The number of hydrogen-bond donors (Lipinski definition) is 1. The zero-order chi connectivity index (χ0) is 18.1. The molecule has 1 aromatic heterocycles. The van der Waals surface area contributed by atoms with Crippen molar-refractivity contribution < 1.29 is 14.6 Å². The Labute approximate surface area is 146 Å². The van der Waals surface area contributed by atoms with Crippen LogP contribution < -0.4 is 10.2 Å². The predicted octanol–water partition coefficient (Wildman–Crippen LogP) is 2.21. The van der Waals surface area contributed by atoms with Crippen molar-refractivity contribution in [3.05, 3.63) is 39.7 Å². The molecule has 0 radical (unpaired) electrons. The molecule has 1 heterocycles. The van der Waals surface area contributed by atoms with Crippen LogP contribution in [-0.2, 0) is 11.2 Å². The number of nitrogens with zero attached hydrogens (tertiary/aromatic N) is 2. The highest BCUT2D eigenvalue weighted by molar-refractivity contribution is 5.83. The molecule has 1 N–H and O–H groups in total. The molecular formula is C19H24N2O4. The second kappa shape index (κ2) is 6.88. The number of carboxylic acid groups (broad SMARTS) is 1. The van der Waals surface area contributed by atoms with Gasteiger partial charge in [-0.25, -0.2) is 0 Å². The first-order valence-corrected chi connectivity index (χ1v) is 8.55. The lowest BCUT2D eigenvalue weighted by molar-refractivity contribution is -0.136. The number of carbonyl (C=O) groups is 1. The van der Waals surface area contributed by atoms with Gasteiger partial charge in [0.15, 0.2) is 5.43 Å². The third-order valence-electron chi connectivity index (χ3n) is 4.59. The van der Waals surface area contributed by atoms with Gasteiger partial charge >= 0.3 is 5.97 Å². The molecule has 1 aliphatic carbocycles. The van der Waals surface area contributed by atoms with E-state index in [0.717, 1.165) is 30.6 Å². The van der Waals surface area contributed by atoms with Gasteiger partial charge in [0.1, 0.15) is 12.4 Å². The van der Waals surface area contributed by atoms with Crippen LogP contribution in [-0.4, -0.2) is 47.8 Å². The van der Waals surface area contributed by atoms with Crippen LogP contribution in [0.4, 0.5) is 0 Å². The van der Waals surface area contributed by atoms with E-state index in [0.29, 0.717) is 29.3 Å². The Morgan fingerprint density at radius 2 is 2.08 bits per heavy atom. The zero-order valence-corrected chi connectivity index (χ0v) is 14.9. The van der Waals surface area contributed by atoms with Gasteiger partial charge in [-0.1, -0.05) is 0 Å². The fourth-order valence-corrected chi connectivity index (χ4v) is 3.16. The number of pyridine rings is 1. The minimum absolute atomic E-state index is 0.204. The van der Waals surface area contributed by atoms with Gasteiger partial charge < -0.3 is 19.3 Å². The fraction of sp³-hybridized carbons (Fsp3) is 0.474. The molecule has 0 spiro atoms. The fourth-order valence-electron chi connectivity index (χ4n) is 3.16. The molecule has 1 aliphatic rings. The van der Waals surface area contributed by atoms with Crippen LogP contribution in [0.3, 0.4) is 0 Å². The number of fused-ring (bicyclic) bond motifs is 1. The molecule has 0 unspecified atom stereocenters. The lowest BCUT2D eigenvalue weighted by atomic mass is 10.0. The van der Waals surface area contributed by atoms with Crippen LogP contribution in [0.25, 0.3) is 10.9 Å². The average molecular weight is 344 g/mol. The van der Waals surface area contributed by atoms with Crippen molar-refractivity contribution in [2.24, 2.45) is 0 Å². The Hall–Kier alpha value is -2.34. The number of benzene rings is 1. The lowest BCUT2D eigenvalue weighted by Gasteiger charge is -2.18. The van der Waals surface area contributed by atoms with E-state index >= 15 is 0 Å². The highest BCUT2D eigenvalue weighted by atomic mass is 16.5. The number of ether oxygens (including phenoxy) is 1. The molecule has 1 fully saturated rings. The average Bonchev–Trinajstić information content (AvgIpc) is 3.36. The van der Waals surface area contributed by atoms with Gasteiger partial charge in [-0.3, -0.25) is 9.59 Å². The third-order valence-corrected chi connectivity index (χ3v) is 4.59. The summed E-state index contributed by atoms with van der Waals surface area (Å²) in [5.74, 6) is -0.348. The number of carboxylic acids is 1. The summed E-state index contributed by atoms with van der Waals surface area (Å²) in [6.07, 6.45) is 1.87. The first kappa shape index (κ1) is 17.5. The molecule has 0 bridgehead atoms. The second-order valence-electron chi connectivity index (χ2n) is 6.90. The largest absolute Gasteiger partial charge is 0.492 e. The van der Waals surface area contributed by atoms with Crippen LogP contribution in [0, 0.1) is 6.92 Å². The Morgan fingerprint density at radius 3 is 2.68 bits per heavy atom. The van der Waals surface area contributed by atoms with Crippen LogP contribution in [0.15, 0.2) is 23.0 Å². The Bertz CT molecular complexity index is 866. The Kier molecular flexibility index (Phi) is 4.81. The normalized spacial score (nSPS) is 14.2. The summed E-state index contributed by atoms with van der Waals surface area (Å²) in [5, 5.41) is 9.72. The first-order valence-electron chi connectivity index (χ1n) is 8.55. The van der Waals surface area contributed by atoms with Crippen LogP contribution >= 0.6 is 0 Å². The number of hydrogen-bond acceptors (Lipinski definition) is 4. The van der Waals surface area contributed by atoms with Crippen molar-refractivity contribution in [1.29, 1.82) is 0 Å². The van der Waals surface area contributed by atoms with E-state index in [4.69, 9.17) is 4.74 Å². The van der Waals surface area contributed by atoms with E-state index in [1.54, 1.807) is 6.07 Å². The van der Waals surface area contributed by atoms with Crippen LogP contribution in [0.1, 0.15) is 30.1 Å². The number of likely N-dealkylation sites (N-methyl/N-ethyl adjacent to an activating group) is 1. The van der Waals surface area contributed by atoms with Crippen molar-refractivity contribution in [3.8, 4) is 5.75 Å². The number of aromatic nitrogens is 1. The summed E-state index contributed by atoms with van der Waals surface area (Å²) in [6, 6.07) is 5.90. The third kappa shape index (κ3) is 3.69. The second-order valence-corrected chi connectivity index (χ2v) is 6.90. The maximum atomic E-state index is 12.9. The molecule has 3 rings (SSSR count). The number of rotatable bonds is 7. The summed E-state index contributed by atoms with van der Waals surface area (Å²) in [7, 11) is 3.94. The Morgan fingerprint density at radius 1 is 1.36 bits per heavy atom. The molecule has 2 aromatic rings. The van der Waals surface area contributed by atoms with Gasteiger partial charge in [0.2, 0.25) is 0 Å². The summed E-state index contributed by atoms with van der Waals surface area (Å²) in [4.78, 5) is 26.1. The lowest BCUT2D eigenvalue weighted by Crippen LogP contribution is -2.21. The summed E-state index contributed by atoms with van der Waals surface area (Å²) >= 11 is 0. The summed E-state index contributed by atoms with van der Waals surface area (Å²) in [6.45, 7) is 3.16. The quantitative estimate of drug-likeness (QED) is 0.834. The van der Waals surface area contributed by atoms with E-state index in [-0.39, 0.29) is 11.8 Å². The first-order chi connectivity index (χ1) is 11.9. The van der Waals surface area contributed by atoms with Gasteiger partial charge in [-0.2, -0.15) is 0 Å². The van der Waals surface area contributed by atoms with E-state index in [1.165, 1.54) is 0 Å². The van der Waals surface area contributed by atoms with E-state index in [1.807, 2.05) is 38.1 Å². The molecule has 0 aliphatic heterocycles. The maximum absolute atomic E-state index is 12.9. The van der Waals surface area contributed by atoms with E-state index in [9.17, 15) is 14.7 Å². The van der Waals surface area contributed by atoms with Crippen LogP contribution in [0.5, 0.6) is 5.75 Å². The molecule has 6 heteroatoms. The van der Waals surface area contributed by atoms with Gasteiger partial charge in [0, 0.05) is 29.2 Å². The molecule has 1 aromatic carbocycles. The molecular weight excluding hydrogens is 320 g/mol. The van der Waals surface area contributed by atoms with Gasteiger partial charge in [-0.15, -0.1) is 0 Å².